The molecule has 24 heavy (non-hydrogen) atoms. The molecule has 0 unspecified atom stereocenters. The number of urea groups is 1. The molecular weight excluding hydrogens is 304 g/mol. The number of rotatable bonds is 5. The molecule has 0 aromatic heterocycles. The summed E-state index contributed by atoms with van der Waals surface area (Å²) in [4.78, 5) is 19.8. The van der Waals surface area contributed by atoms with Crippen molar-refractivity contribution in [2.24, 2.45) is 5.92 Å². The second kappa shape index (κ2) is 8.50. The highest BCUT2D eigenvalue weighted by molar-refractivity contribution is 5.74. The summed E-state index contributed by atoms with van der Waals surface area (Å²) >= 11 is 0. The summed E-state index contributed by atoms with van der Waals surface area (Å²) in [7, 11) is 3.95. The molecule has 0 bridgehead atoms. The van der Waals surface area contributed by atoms with Gasteiger partial charge in [0.25, 0.3) is 0 Å². The first kappa shape index (κ1) is 18.0. The van der Waals surface area contributed by atoms with Crippen molar-refractivity contribution in [3.8, 4) is 0 Å². The number of carbonyl (C=O) groups excluding carboxylic acids is 1. The van der Waals surface area contributed by atoms with Crippen LogP contribution in [0.2, 0.25) is 0 Å². The Balaban J connectivity index is 1.49. The van der Waals surface area contributed by atoms with E-state index in [1.807, 2.05) is 0 Å². The van der Waals surface area contributed by atoms with Crippen molar-refractivity contribution in [2.75, 3.05) is 60.0 Å². The van der Waals surface area contributed by atoms with E-state index in [9.17, 15) is 4.79 Å². The van der Waals surface area contributed by atoms with Gasteiger partial charge in [-0.25, -0.2) is 4.79 Å². The van der Waals surface area contributed by atoms with E-state index in [1.165, 1.54) is 19.3 Å². The maximum atomic E-state index is 12.8. The van der Waals surface area contributed by atoms with Crippen molar-refractivity contribution >= 4 is 6.03 Å². The third kappa shape index (κ3) is 4.21. The average molecular weight is 338 g/mol. The normalized spacial score (nSPS) is 31.9. The van der Waals surface area contributed by atoms with Crippen LogP contribution in [0.15, 0.2) is 0 Å². The van der Waals surface area contributed by atoms with Gasteiger partial charge in [-0.1, -0.05) is 0 Å². The largest absolute Gasteiger partial charge is 0.383 e. The molecule has 0 spiro atoms. The van der Waals surface area contributed by atoms with Crippen molar-refractivity contribution < 1.29 is 9.53 Å². The molecule has 1 N–H and O–H groups in total. The molecule has 0 saturated carbocycles. The van der Waals surface area contributed by atoms with Crippen LogP contribution in [-0.2, 0) is 4.74 Å². The first-order valence-electron chi connectivity index (χ1n) is 9.65. The molecule has 2 amide bonds. The minimum atomic E-state index is 0.160. The third-order valence-corrected chi connectivity index (χ3v) is 6.10. The standard InChI is InChI=1S/C18H34N4O2/c1-20-10-7-17-15(14-20)5-3-9-22(17)18(23)19-13-16-6-4-8-21(16)11-12-24-2/h15-17H,3-14H2,1-2H3,(H,19,23)/t15-,16+,17-/m0/s1. The van der Waals surface area contributed by atoms with Crippen LogP contribution >= 0.6 is 0 Å². The number of hydrogen-bond acceptors (Lipinski definition) is 4. The van der Waals surface area contributed by atoms with Gasteiger partial charge < -0.3 is 19.9 Å². The molecule has 3 heterocycles. The van der Waals surface area contributed by atoms with Gasteiger partial charge in [0.05, 0.1) is 6.61 Å². The molecule has 0 radical (unpaired) electrons. The van der Waals surface area contributed by atoms with Gasteiger partial charge in [0.15, 0.2) is 0 Å². The van der Waals surface area contributed by atoms with Crippen LogP contribution < -0.4 is 5.32 Å². The van der Waals surface area contributed by atoms with Gasteiger partial charge in [-0.2, -0.15) is 0 Å². The van der Waals surface area contributed by atoms with Gasteiger partial charge in [0.2, 0.25) is 0 Å². The number of amides is 2. The highest BCUT2D eigenvalue weighted by Gasteiger charge is 2.37. The molecular formula is C18H34N4O2. The molecule has 3 saturated heterocycles. The van der Waals surface area contributed by atoms with Gasteiger partial charge in [-0.05, 0) is 58.2 Å². The fourth-order valence-electron chi connectivity index (χ4n) is 4.77. The van der Waals surface area contributed by atoms with E-state index in [0.717, 1.165) is 58.7 Å². The first-order chi connectivity index (χ1) is 11.7. The van der Waals surface area contributed by atoms with Gasteiger partial charge in [0, 0.05) is 45.4 Å². The molecule has 0 aromatic rings. The number of methoxy groups -OCH3 is 1. The number of fused-ring (bicyclic) bond motifs is 1. The van der Waals surface area contributed by atoms with Crippen LogP contribution in [0.4, 0.5) is 4.79 Å². The molecule has 3 atom stereocenters. The lowest BCUT2D eigenvalue weighted by molar-refractivity contribution is 0.0526. The lowest BCUT2D eigenvalue weighted by atomic mass is 9.84. The lowest BCUT2D eigenvalue weighted by Gasteiger charge is -2.46. The number of likely N-dealkylation sites (tertiary alicyclic amines) is 3. The zero-order valence-electron chi connectivity index (χ0n) is 15.4. The minimum absolute atomic E-state index is 0.160. The zero-order valence-corrected chi connectivity index (χ0v) is 15.4. The monoisotopic (exact) mass is 338 g/mol. The number of ether oxygens (including phenoxy) is 1. The quantitative estimate of drug-likeness (QED) is 0.819. The van der Waals surface area contributed by atoms with Gasteiger partial charge >= 0.3 is 6.03 Å². The Bertz CT molecular complexity index is 420. The number of nitrogens with zero attached hydrogens (tertiary/aromatic N) is 3. The lowest BCUT2D eigenvalue weighted by Crippen LogP contribution is -2.58. The van der Waals surface area contributed by atoms with E-state index in [4.69, 9.17) is 4.74 Å². The van der Waals surface area contributed by atoms with Crippen LogP contribution in [0.3, 0.4) is 0 Å². The average Bonchev–Trinajstić information content (AvgIpc) is 3.04. The van der Waals surface area contributed by atoms with Crippen molar-refractivity contribution in [2.45, 2.75) is 44.2 Å². The Labute approximate surface area is 146 Å². The second-order valence-corrected chi connectivity index (χ2v) is 7.72. The van der Waals surface area contributed by atoms with Crippen LogP contribution in [0.5, 0.6) is 0 Å². The van der Waals surface area contributed by atoms with Crippen LogP contribution in [0.1, 0.15) is 32.1 Å². The molecule has 0 aliphatic carbocycles. The molecule has 3 fully saturated rings. The third-order valence-electron chi connectivity index (χ3n) is 6.10. The second-order valence-electron chi connectivity index (χ2n) is 7.72. The minimum Gasteiger partial charge on any atom is -0.383 e. The Kier molecular flexibility index (Phi) is 6.36. The highest BCUT2D eigenvalue weighted by atomic mass is 16.5. The number of hydrogen-bond donors (Lipinski definition) is 1. The number of carbonyl (C=O) groups is 1. The maximum absolute atomic E-state index is 12.8. The van der Waals surface area contributed by atoms with Gasteiger partial charge in [-0.15, -0.1) is 0 Å². The molecule has 3 aliphatic rings. The van der Waals surface area contributed by atoms with Crippen molar-refractivity contribution in [3.05, 3.63) is 0 Å². The molecule has 6 heteroatoms. The van der Waals surface area contributed by atoms with Crippen LogP contribution in [0.25, 0.3) is 0 Å². The van der Waals surface area contributed by atoms with Crippen LogP contribution in [0, 0.1) is 5.92 Å². The fourth-order valence-corrected chi connectivity index (χ4v) is 4.77. The van der Waals surface area contributed by atoms with Gasteiger partial charge in [-0.3, -0.25) is 4.90 Å². The van der Waals surface area contributed by atoms with Crippen molar-refractivity contribution in [1.82, 2.24) is 20.0 Å². The topological polar surface area (TPSA) is 48.1 Å². The smallest absolute Gasteiger partial charge is 0.317 e. The summed E-state index contributed by atoms with van der Waals surface area (Å²) in [5.41, 5.74) is 0. The zero-order chi connectivity index (χ0) is 16.9. The first-order valence-corrected chi connectivity index (χ1v) is 9.65. The van der Waals surface area contributed by atoms with E-state index in [1.54, 1.807) is 7.11 Å². The predicted molar refractivity (Wildman–Crippen MR) is 95.2 cm³/mol. The van der Waals surface area contributed by atoms with E-state index >= 15 is 0 Å². The Morgan fingerprint density at radius 1 is 1.17 bits per heavy atom. The van der Waals surface area contributed by atoms with Gasteiger partial charge in [0.1, 0.15) is 0 Å². The fraction of sp³-hybridized carbons (Fsp3) is 0.944. The van der Waals surface area contributed by atoms with Crippen LogP contribution in [-0.4, -0.2) is 92.8 Å². The Morgan fingerprint density at radius 2 is 2.00 bits per heavy atom. The molecule has 138 valence electrons. The van der Waals surface area contributed by atoms with E-state index in [0.29, 0.717) is 18.0 Å². The summed E-state index contributed by atoms with van der Waals surface area (Å²) < 4.78 is 5.20. The summed E-state index contributed by atoms with van der Waals surface area (Å²) in [6, 6.07) is 1.08. The maximum Gasteiger partial charge on any atom is 0.317 e. The van der Waals surface area contributed by atoms with E-state index in [-0.39, 0.29) is 6.03 Å². The van der Waals surface area contributed by atoms with Crippen molar-refractivity contribution in [3.63, 3.8) is 0 Å². The summed E-state index contributed by atoms with van der Waals surface area (Å²) in [6.07, 6.45) is 5.95. The SMILES string of the molecule is COCCN1CCC[C@@H]1CNC(=O)N1CCC[C@H]2CN(C)CC[C@@H]21. The Hall–Kier alpha value is -0.850. The van der Waals surface area contributed by atoms with Crippen molar-refractivity contribution in [1.29, 1.82) is 0 Å². The summed E-state index contributed by atoms with van der Waals surface area (Å²) in [6.45, 7) is 6.82. The molecule has 3 rings (SSSR count). The Morgan fingerprint density at radius 3 is 2.83 bits per heavy atom. The summed E-state index contributed by atoms with van der Waals surface area (Å²) in [5, 5.41) is 3.24. The molecule has 3 aliphatic heterocycles. The number of piperidine rings is 2. The predicted octanol–water partition coefficient (Wildman–Crippen LogP) is 1.22. The molecule has 0 aromatic carbocycles. The molecule has 6 nitrogen and oxygen atoms in total. The highest BCUT2D eigenvalue weighted by Crippen LogP contribution is 2.30. The van der Waals surface area contributed by atoms with E-state index < -0.39 is 0 Å². The van der Waals surface area contributed by atoms with E-state index in [2.05, 4.69) is 27.1 Å². The summed E-state index contributed by atoms with van der Waals surface area (Å²) in [5.74, 6) is 0.660. The number of nitrogens with one attached hydrogen (secondary N) is 1.